The van der Waals surface area contributed by atoms with Crippen LogP contribution in [0.1, 0.15) is 27.0 Å². The van der Waals surface area contributed by atoms with Gasteiger partial charge in [0.05, 0.1) is 6.54 Å². The number of benzene rings is 2. The highest BCUT2D eigenvalue weighted by Crippen LogP contribution is 2.23. The Morgan fingerprint density at radius 3 is 2.43 bits per heavy atom. The molecule has 3 rings (SSSR count). The van der Waals surface area contributed by atoms with Gasteiger partial charge in [0, 0.05) is 35.4 Å². The van der Waals surface area contributed by atoms with Crippen LogP contribution in [0.25, 0.3) is 10.9 Å². The summed E-state index contributed by atoms with van der Waals surface area (Å²) in [5, 5.41) is 4.33. The number of hydrogen-bond donors (Lipinski definition) is 1. The topological polar surface area (TPSA) is 34.0 Å². The molecule has 1 N–H and O–H groups in total. The third-order valence-electron chi connectivity index (χ3n) is 4.30. The van der Waals surface area contributed by atoms with Crippen molar-refractivity contribution >= 4 is 22.4 Å². The van der Waals surface area contributed by atoms with E-state index in [2.05, 4.69) is 38.2 Å². The number of ketones is 1. The number of nitrogens with one attached hydrogen (secondary N) is 1. The quantitative estimate of drug-likeness (QED) is 0.725. The molecule has 118 valence electrons. The van der Waals surface area contributed by atoms with Gasteiger partial charge in [-0.25, -0.2) is 0 Å². The van der Waals surface area contributed by atoms with E-state index in [-0.39, 0.29) is 5.78 Å². The van der Waals surface area contributed by atoms with E-state index in [1.807, 2.05) is 42.1 Å². The van der Waals surface area contributed by atoms with Crippen LogP contribution in [0.2, 0.25) is 0 Å². The van der Waals surface area contributed by atoms with Gasteiger partial charge in [0.15, 0.2) is 5.78 Å². The van der Waals surface area contributed by atoms with Gasteiger partial charge in [0.25, 0.3) is 0 Å². The van der Waals surface area contributed by atoms with Crippen molar-refractivity contribution < 1.29 is 4.79 Å². The SMILES string of the molecule is Cc1cc(C)c(NCC(=O)c2cn(C)c3ccccc23)c(C)c1. The second kappa shape index (κ2) is 5.92. The van der Waals surface area contributed by atoms with Gasteiger partial charge in [-0.1, -0.05) is 35.9 Å². The van der Waals surface area contributed by atoms with E-state index in [9.17, 15) is 4.79 Å². The van der Waals surface area contributed by atoms with Gasteiger partial charge < -0.3 is 9.88 Å². The Balaban J connectivity index is 1.85. The lowest BCUT2D eigenvalue weighted by molar-refractivity contribution is 0.101. The predicted molar refractivity (Wildman–Crippen MR) is 96.4 cm³/mol. The summed E-state index contributed by atoms with van der Waals surface area (Å²) in [7, 11) is 1.97. The molecule has 0 aliphatic heterocycles. The maximum atomic E-state index is 12.7. The van der Waals surface area contributed by atoms with Gasteiger partial charge in [-0.05, 0) is 38.0 Å². The summed E-state index contributed by atoms with van der Waals surface area (Å²) in [6.07, 6.45) is 1.92. The molecule has 1 heterocycles. The van der Waals surface area contributed by atoms with E-state index in [1.54, 1.807) is 0 Å². The summed E-state index contributed by atoms with van der Waals surface area (Å²) in [6, 6.07) is 12.3. The number of hydrogen-bond acceptors (Lipinski definition) is 2. The minimum atomic E-state index is 0.112. The number of nitrogens with zero attached hydrogens (tertiary/aromatic N) is 1. The molecule has 0 saturated carbocycles. The van der Waals surface area contributed by atoms with Crippen molar-refractivity contribution in [3.8, 4) is 0 Å². The minimum Gasteiger partial charge on any atom is -0.377 e. The van der Waals surface area contributed by atoms with E-state index in [0.717, 1.165) is 22.2 Å². The molecule has 0 atom stereocenters. The predicted octanol–water partition coefficient (Wildman–Crippen LogP) is 4.40. The van der Waals surface area contributed by atoms with Gasteiger partial charge in [0.1, 0.15) is 0 Å². The molecule has 0 amide bonds. The molecule has 23 heavy (non-hydrogen) atoms. The number of aromatic nitrogens is 1. The molecular weight excluding hydrogens is 284 g/mol. The molecule has 1 aromatic heterocycles. The number of Topliss-reactive ketones (excluding diaryl/α,β-unsaturated/α-hetero) is 1. The second-order valence-corrected chi connectivity index (χ2v) is 6.22. The number of rotatable bonds is 4. The normalized spacial score (nSPS) is 11.0. The molecule has 0 spiro atoms. The van der Waals surface area contributed by atoms with Crippen molar-refractivity contribution in [2.45, 2.75) is 20.8 Å². The van der Waals surface area contributed by atoms with Gasteiger partial charge in [-0.2, -0.15) is 0 Å². The van der Waals surface area contributed by atoms with Crippen LogP contribution in [-0.4, -0.2) is 16.9 Å². The van der Waals surface area contributed by atoms with Crippen molar-refractivity contribution in [2.24, 2.45) is 7.05 Å². The van der Waals surface area contributed by atoms with E-state index >= 15 is 0 Å². The van der Waals surface area contributed by atoms with Crippen LogP contribution >= 0.6 is 0 Å². The maximum Gasteiger partial charge on any atom is 0.184 e. The van der Waals surface area contributed by atoms with Gasteiger partial charge >= 0.3 is 0 Å². The fourth-order valence-corrected chi connectivity index (χ4v) is 3.29. The molecule has 2 aromatic carbocycles. The molecule has 0 unspecified atom stereocenters. The average Bonchev–Trinajstić information content (AvgIpc) is 2.84. The van der Waals surface area contributed by atoms with E-state index in [0.29, 0.717) is 6.54 Å². The number of fused-ring (bicyclic) bond motifs is 1. The fraction of sp³-hybridized carbons (Fsp3) is 0.250. The lowest BCUT2D eigenvalue weighted by Gasteiger charge is -2.13. The minimum absolute atomic E-state index is 0.112. The first kappa shape index (κ1) is 15.3. The first-order chi connectivity index (χ1) is 11.0. The smallest absolute Gasteiger partial charge is 0.184 e. The molecule has 3 aromatic rings. The Labute approximate surface area is 136 Å². The summed E-state index contributed by atoms with van der Waals surface area (Å²) < 4.78 is 2.00. The molecule has 0 fully saturated rings. The number of carbonyl (C=O) groups is 1. The largest absolute Gasteiger partial charge is 0.377 e. The van der Waals surface area contributed by atoms with Crippen LogP contribution in [0.3, 0.4) is 0 Å². The highest BCUT2D eigenvalue weighted by Gasteiger charge is 2.14. The van der Waals surface area contributed by atoms with Gasteiger partial charge in [0.2, 0.25) is 0 Å². The molecule has 3 heteroatoms. The molecule has 0 saturated heterocycles. The van der Waals surface area contributed by atoms with E-state index < -0.39 is 0 Å². The standard InChI is InChI=1S/C20H22N2O/c1-13-9-14(2)20(15(3)10-13)21-11-19(23)17-12-22(4)18-8-6-5-7-16(17)18/h5-10,12,21H,11H2,1-4H3. The van der Waals surface area contributed by atoms with E-state index in [1.165, 1.54) is 16.7 Å². The van der Waals surface area contributed by atoms with Crippen LogP contribution in [0, 0.1) is 20.8 Å². The van der Waals surface area contributed by atoms with Crippen molar-refractivity contribution in [1.82, 2.24) is 4.57 Å². The Morgan fingerprint density at radius 1 is 1.09 bits per heavy atom. The summed E-state index contributed by atoms with van der Waals surface area (Å²) in [5.41, 5.74) is 6.51. The zero-order valence-corrected chi connectivity index (χ0v) is 14.1. The fourth-order valence-electron chi connectivity index (χ4n) is 3.29. The monoisotopic (exact) mass is 306 g/mol. The highest BCUT2D eigenvalue weighted by molar-refractivity contribution is 6.09. The third kappa shape index (κ3) is 2.87. The molecule has 0 radical (unpaired) electrons. The molecule has 0 aliphatic rings. The summed E-state index contributed by atoms with van der Waals surface area (Å²) in [4.78, 5) is 12.7. The number of para-hydroxylation sites is 1. The molecule has 3 nitrogen and oxygen atoms in total. The zero-order valence-electron chi connectivity index (χ0n) is 14.1. The number of aryl methyl sites for hydroxylation is 4. The molecule has 0 bridgehead atoms. The Bertz CT molecular complexity index is 867. The van der Waals surface area contributed by atoms with Crippen molar-refractivity contribution in [1.29, 1.82) is 0 Å². The zero-order chi connectivity index (χ0) is 16.6. The summed E-state index contributed by atoms with van der Waals surface area (Å²) >= 11 is 0. The summed E-state index contributed by atoms with van der Waals surface area (Å²) in [5.74, 6) is 0.112. The van der Waals surface area contributed by atoms with Crippen molar-refractivity contribution in [3.05, 3.63) is 64.8 Å². The first-order valence-corrected chi connectivity index (χ1v) is 7.86. The Hall–Kier alpha value is -2.55. The number of carbonyl (C=O) groups excluding carboxylic acids is 1. The lowest BCUT2D eigenvalue weighted by Crippen LogP contribution is -2.15. The summed E-state index contributed by atoms with van der Waals surface area (Å²) in [6.45, 7) is 6.54. The molecular formula is C20H22N2O. The third-order valence-corrected chi connectivity index (χ3v) is 4.30. The van der Waals surface area contributed by atoms with E-state index in [4.69, 9.17) is 0 Å². The van der Waals surface area contributed by atoms with Crippen LogP contribution < -0.4 is 5.32 Å². The molecule has 0 aliphatic carbocycles. The van der Waals surface area contributed by atoms with Crippen LogP contribution in [0.5, 0.6) is 0 Å². The van der Waals surface area contributed by atoms with Crippen LogP contribution in [0.4, 0.5) is 5.69 Å². The Kier molecular flexibility index (Phi) is 3.95. The van der Waals surface area contributed by atoms with Crippen LogP contribution in [0.15, 0.2) is 42.6 Å². The van der Waals surface area contributed by atoms with Crippen molar-refractivity contribution in [3.63, 3.8) is 0 Å². The van der Waals surface area contributed by atoms with Gasteiger partial charge in [-0.3, -0.25) is 4.79 Å². The Morgan fingerprint density at radius 2 is 1.74 bits per heavy atom. The average molecular weight is 306 g/mol. The number of anilines is 1. The first-order valence-electron chi connectivity index (χ1n) is 7.86. The van der Waals surface area contributed by atoms with Gasteiger partial charge in [-0.15, -0.1) is 0 Å². The van der Waals surface area contributed by atoms with Crippen molar-refractivity contribution in [2.75, 3.05) is 11.9 Å². The lowest BCUT2D eigenvalue weighted by atomic mass is 10.0. The highest BCUT2D eigenvalue weighted by atomic mass is 16.1. The second-order valence-electron chi connectivity index (χ2n) is 6.22. The van der Waals surface area contributed by atoms with Crippen LogP contribution in [-0.2, 0) is 7.05 Å². The maximum absolute atomic E-state index is 12.7.